The van der Waals surface area contributed by atoms with Crippen LogP contribution in [0.2, 0.25) is 0 Å². The molecule has 0 aliphatic rings. The molecule has 2 rings (SSSR count). The van der Waals surface area contributed by atoms with Crippen molar-refractivity contribution in [3.05, 3.63) is 58.7 Å². The Morgan fingerprint density at radius 1 is 1.00 bits per heavy atom. The van der Waals surface area contributed by atoms with Crippen LogP contribution in [0, 0.1) is 13.8 Å². The van der Waals surface area contributed by atoms with Gasteiger partial charge in [0.2, 0.25) is 5.91 Å². The molecular weight excluding hydrogens is 386 g/mol. The quantitative estimate of drug-likeness (QED) is 0.712. The van der Waals surface area contributed by atoms with Gasteiger partial charge in [-0.3, -0.25) is 4.79 Å². The first-order valence-corrected chi connectivity index (χ1v) is 11.2. The zero-order valence-corrected chi connectivity index (χ0v) is 18.9. The van der Waals surface area contributed by atoms with Crippen molar-refractivity contribution in [2.75, 3.05) is 30.3 Å². The summed E-state index contributed by atoms with van der Waals surface area (Å²) in [5.74, 6) is -0.369. The number of anilines is 2. The minimum Gasteiger partial charge on any atom is -0.324 e. The Morgan fingerprint density at radius 2 is 1.59 bits per heavy atom. The summed E-state index contributed by atoms with van der Waals surface area (Å²) >= 11 is 0. The number of benzene rings is 2. The molecule has 1 amide bonds. The Kier molecular flexibility index (Phi) is 7.43. The fraction of sp³-hybridized carbons (Fsp3) is 0.409. The van der Waals surface area contributed by atoms with E-state index in [2.05, 4.69) is 5.32 Å². The highest BCUT2D eigenvalue weighted by Crippen LogP contribution is 2.26. The lowest BCUT2D eigenvalue weighted by atomic mass is 10.0. The van der Waals surface area contributed by atoms with E-state index in [-0.39, 0.29) is 12.5 Å². The summed E-state index contributed by atoms with van der Waals surface area (Å²) in [6.07, 6.45) is 1.56. The Balaban J connectivity index is 2.43. The minimum absolute atomic E-state index is 0.300. The van der Waals surface area contributed by atoms with Crippen molar-refractivity contribution in [1.82, 2.24) is 4.31 Å². The molecule has 158 valence electrons. The van der Waals surface area contributed by atoms with Crippen LogP contribution in [0.1, 0.15) is 36.1 Å². The molecule has 0 saturated carbocycles. The van der Waals surface area contributed by atoms with E-state index < -0.39 is 10.2 Å². The van der Waals surface area contributed by atoms with Crippen molar-refractivity contribution in [3.8, 4) is 0 Å². The van der Waals surface area contributed by atoms with Crippen molar-refractivity contribution >= 4 is 27.5 Å². The Morgan fingerprint density at radius 3 is 2.10 bits per heavy atom. The molecule has 0 radical (unpaired) electrons. The van der Waals surface area contributed by atoms with Crippen LogP contribution in [0.5, 0.6) is 0 Å². The van der Waals surface area contributed by atoms with Crippen LogP contribution in [-0.2, 0) is 27.8 Å². The van der Waals surface area contributed by atoms with Gasteiger partial charge < -0.3 is 5.32 Å². The van der Waals surface area contributed by atoms with Crippen LogP contribution in [0.25, 0.3) is 0 Å². The van der Waals surface area contributed by atoms with Gasteiger partial charge >= 0.3 is 10.2 Å². The third kappa shape index (κ3) is 5.16. The van der Waals surface area contributed by atoms with Gasteiger partial charge in [0.15, 0.2) is 0 Å². The van der Waals surface area contributed by atoms with Gasteiger partial charge in [0, 0.05) is 19.8 Å². The Hall–Kier alpha value is -2.38. The van der Waals surface area contributed by atoms with Crippen LogP contribution in [0.15, 0.2) is 36.4 Å². The molecule has 2 aromatic rings. The molecule has 7 heteroatoms. The number of carbonyl (C=O) groups is 1. The molecule has 6 nitrogen and oxygen atoms in total. The molecule has 0 unspecified atom stereocenters. The maximum Gasteiger partial charge on any atom is 0.304 e. The van der Waals surface area contributed by atoms with E-state index in [1.807, 2.05) is 58.0 Å². The van der Waals surface area contributed by atoms with Crippen molar-refractivity contribution in [1.29, 1.82) is 0 Å². The number of para-hydroxylation sites is 1. The van der Waals surface area contributed by atoms with E-state index in [1.165, 1.54) is 18.4 Å². The summed E-state index contributed by atoms with van der Waals surface area (Å²) in [7, 11) is -0.914. The van der Waals surface area contributed by atoms with E-state index in [1.54, 1.807) is 6.07 Å². The molecule has 0 saturated heterocycles. The fourth-order valence-corrected chi connectivity index (χ4v) is 4.31. The molecule has 29 heavy (non-hydrogen) atoms. The number of carbonyl (C=O) groups excluding carboxylic acids is 1. The highest BCUT2D eigenvalue weighted by atomic mass is 32.2. The fourth-order valence-electron chi connectivity index (χ4n) is 3.19. The first-order valence-electron chi connectivity index (χ1n) is 9.79. The van der Waals surface area contributed by atoms with Crippen LogP contribution >= 0.6 is 0 Å². The van der Waals surface area contributed by atoms with Gasteiger partial charge in [-0.15, -0.1) is 0 Å². The average molecular weight is 418 g/mol. The summed E-state index contributed by atoms with van der Waals surface area (Å²) < 4.78 is 28.3. The number of hydrogen-bond donors (Lipinski definition) is 1. The van der Waals surface area contributed by atoms with Gasteiger partial charge in [0.1, 0.15) is 6.54 Å². The summed E-state index contributed by atoms with van der Waals surface area (Å²) in [5, 5.41) is 2.96. The normalized spacial score (nSPS) is 11.6. The highest BCUT2D eigenvalue weighted by molar-refractivity contribution is 7.90. The van der Waals surface area contributed by atoms with E-state index in [4.69, 9.17) is 0 Å². The number of amides is 1. The molecule has 0 aliphatic carbocycles. The molecule has 0 fully saturated rings. The van der Waals surface area contributed by atoms with Crippen LogP contribution < -0.4 is 9.62 Å². The van der Waals surface area contributed by atoms with E-state index in [0.29, 0.717) is 5.69 Å². The number of nitrogens with zero attached hydrogens (tertiary/aromatic N) is 2. The van der Waals surface area contributed by atoms with E-state index >= 15 is 0 Å². The number of nitrogens with one attached hydrogen (secondary N) is 1. The molecule has 0 aliphatic heterocycles. The van der Waals surface area contributed by atoms with Crippen LogP contribution in [0.3, 0.4) is 0 Å². The van der Waals surface area contributed by atoms with Gasteiger partial charge in [0.25, 0.3) is 0 Å². The van der Waals surface area contributed by atoms with Crippen LogP contribution in [-0.4, -0.2) is 39.3 Å². The summed E-state index contributed by atoms with van der Waals surface area (Å²) in [6, 6.07) is 11.5. The minimum atomic E-state index is -3.84. The molecule has 0 spiro atoms. The average Bonchev–Trinajstić information content (AvgIpc) is 2.68. The van der Waals surface area contributed by atoms with Crippen molar-refractivity contribution < 1.29 is 13.2 Å². The topological polar surface area (TPSA) is 69.7 Å². The van der Waals surface area contributed by atoms with Crippen molar-refractivity contribution in [3.63, 3.8) is 0 Å². The van der Waals surface area contributed by atoms with E-state index in [0.717, 1.165) is 45.1 Å². The van der Waals surface area contributed by atoms with Crippen molar-refractivity contribution in [2.24, 2.45) is 0 Å². The zero-order chi connectivity index (χ0) is 21.8. The smallest absolute Gasteiger partial charge is 0.304 e. The van der Waals surface area contributed by atoms with Gasteiger partial charge in [-0.2, -0.15) is 12.7 Å². The molecule has 0 aromatic heterocycles. The largest absolute Gasteiger partial charge is 0.324 e. The van der Waals surface area contributed by atoms with Crippen LogP contribution in [0.4, 0.5) is 11.4 Å². The van der Waals surface area contributed by atoms with Gasteiger partial charge in [0.05, 0.1) is 5.69 Å². The number of aryl methyl sites for hydroxylation is 4. The molecular formula is C22H31N3O3S. The first-order chi connectivity index (χ1) is 13.6. The molecule has 0 atom stereocenters. The Labute approximate surface area is 174 Å². The molecule has 1 N–H and O–H groups in total. The third-order valence-electron chi connectivity index (χ3n) is 4.92. The lowest BCUT2D eigenvalue weighted by Gasteiger charge is -2.28. The molecule has 2 aromatic carbocycles. The summed E-state index contributed by atoms with van der Waals surface area (Å²) in [5.41, 5.74) is 5.07. The lowest BCUT2D eigenvalue weighted by Crippen LogP contribution is -2.44. The predicted molar refractivity (Wildman–Crippen MR) is 120 cm³/mol. The van der Waals surface area contributed by atoms with Crippen molar-refractivity contribution in [2.45, 2.75) is 40.5 Å². The second-order valence-electron chi connectivity index (χ2n) is 7.29. The summed E-state index contributed by atoms with van der Waals surface area (Å²) in [6.45, 7) is 7.50. The Bertz CT molecular complexity index is 963. The standard InChI is InChI=1S/C22H31N3O3S/c1-7-18-10-9-11-19(8-2)22(18)23-21(26)15-25(29(27,28)24(5)6)20-14-16(3)12-13-17(20)4/h9-14H,7-8,15H2,1-6H3,(H,23,26). The number of hydrogen-bond acceptors (Lipinski definition) is 3. The van der Waals surface area contributed by atoms with Gasteiger partial charge in [-0.1, -0.05) is 44.2 Å². The maximum absolute atomic E-state index is 13.0. The SMILES string of the molecule is CCc1cccc(CC)c1NC(=O)CN(c1cc(C)ccc1C)S(=O)(=O)N(C)C. The first kappa shape index (κ1) is 22.9. The lowest BCUT2D eigenvalue weighted by molar-refractivity contribution is -0.114. The second-order valence-corrected chi connectivity index (χ2v) is 9.36. The second kappa shape index (κ2) is 9.41. The molecule has 0 bridgehead atoms. The van der Waals surface area contributed by atoms with E-state index in [9.17, 15) is 13.2 Å². The van der Waals surface area contributed by atoms with Gasteiger partial charge in [-0.25, -0.2) is 4.31 Å². The monoisotopic (exact) mass is 417 g/mol. The highest BCUT2D eigenvalue weighted by Gasteiger charge is 2.28. The summed E-state index contributed by atoms with van der Waals surface area (Å²) in [4.78, 5) is 13.0. The third-order valence-corrected chi connectivity index (χ3v) is 6.73. The maximum atomic E-state index is 13.0. The zero-order valence-electron chi connectivity index (χ0n) is 18.1. The molecule has 0 heterocycles. The van der Waals surface area contributed by atoms with Gasteiger partial charge in [-0.05, 0) is 55.0 Å². The predicted octanol–water partition coefficient (Wildman–Crippen LogP) is 3.68. The number of rotatable bonds is 8.